The van der Waals surface area contributed by atoms with Crippen LogP contribution in [0.3, 0.4) is 0 Å². The van der Waals surface area contributed by atoms with Crippen molar-refractivity contribution in [2.24, 2.45) is 0 Å². The van der Waals surface area contributed by atoms with Crippen LogP contribution in [0.15, 0.2) is 22.6 Å². The topological polar surface area (TPSA) is 37.3 Å². The molecule has 11 heavy (non-hydrogen) atoms. The minimum atomic E-state index is -0.815. The fraction of sp³-hybridized carbons (Fsp3) is 0.375. The van der Waals surface area contributed by atoms with Crippen LogP contribution in [0.4, 0.5) is 0 Å². The van der Waals surface area contributed by atoms with Crippen LogP contribution in [0.5, 0.6) is 0 Å². The summed E-state index contributed by atoms with van der Waals surface area (Å²) in [6, 6.07) is 0. The Labute approximate surface area is 70.0 Å². The van der Waals surface area contributed by atoms with E-state index in [0.29, 0.717) is 5.57 Å². The molecule has 60 valence electrons. The van der Waals surface area contributed by atoms with Crippen molar-refractivity contribution in [2.45, 2.75) is 12.8 Å². The number of allylic oxidation sites excluding steroid dienone is 2. The van der Waals surface area contributed by atoms with Gasteiger partial charge >= 0.3 is 5.97 Å². The van der Waals surface area contributed by atoms with E-state index in [1.165, 1.54) is 11.8 Å². The Morgan fingerprint density at radius 2 is 2.45 bits per heavy atom. The van der Waals surface area contributed by atoms with Crippen LogP contribution in [-0.2, 0) is 4.79 Å². The first kappa shape index (κ1) is 8.40. The Morgan fingerprint density at radius 3 is 2.91 bits per heavy atom. The second kappa shape index (κ2) is 3.62. The van der Waals surface area contributed by atoms with Crippen LogP contribution < -0.4 is 0 Å². The second-order valence-electron chi connectivity index (χ2n) is 2.29. The number of thioether (sulfide) groups is 1. The van der Waals surface area contributed by atoms with E-state index >= 15 is 0 Å². The first-order valence-electron chi connectivity index (χ1n) is 3.42. The molecule has 0 aliphatic heterocycles. The number of aliphatic carboxylic acids is 1. The molecular weight excluding hydrogens is 160 g/mol. The van der Waals surface area contributed by atoms with Gasteiger partial charge in [0.25, 0.3) is 0 Å². The molecule has 3 heteroatoms. The molecule has 0 aromatic rings. The van der Waals surface area contributed by atoms with Gasteiger partial charge in [-0.3, -0.25) is 0 Å². The van der Waals surface area contributed by atoms with Gasteiger partial charge in [-0.1, -0.05) is 12.2 Å². The number of hydrogen-bond donors (Lipinski definition) is 1. The van der Waals surface area contributed by atoms with Crippen molar-refractivity contribution in [2.75, 3.05) is 6.26 Å². The molecule has 1 aliphatic carbocycles. The number of hydrogen-bond acceptors (Lipinski definition) is 2. The summed E-state index contributed by atoms with van der Waals surface area (Å²) in [5.41, 5.74) is 0.462. The maximum atomic E-state index is 10.6. The average Bonchev–Trinajstić information content (AvgIpc) is 2.04. The Morgan fingerprint density at radius 1 is 1.73 bits per heavy atom. The van der Waals surface area contributed by atoms with Gasteiger partial charge in [-0.15, -0.1) is 11.8 Å². The van der Waals surface area contributed by atoms with E-state index in [1.54, 1.807) is 6.08 Å². The third-order valence-electron chi connectivity index (χ3n) is 1.60. The maximum Gasteiger partial charge on any atom is 0.336 e. The van der Waals surface area contributed by atoms with Crippen molar-refractivity contribution in [3.05, 3.63) is 22.6 Å². The first-order chi connectivity index (χ1) is 5.25. The molecule has 1 N–H and O–H groups in total. The molecule has 1 rings (SSSR count). The standard InChI is InChI=1S/C8H10O2S/c1-11-7-5-3-2-4-6(7)8(9)10/h2,4H,3,5H2,1H3,(H,9,10). The van der Waals surface area contributed by atoms with Crippen LogP contribution in [0.25, 0.3) is 0 Å². The van der Waals surface area contributed by atoms with E-state index < -0.39 is 5.97 Å². The maximum absolute atomic E-state index is 10.6. The molecule has 0 fully saturated rings. The number of carbonyl (C=O) groups is 1. The van der Waals surface area contributed by atoms with Gasteiger partial charge in [0.2, 0.25) is 0 Å². The molecule has 0 unspecified atom stereocenters. The smallest absolute Gasteiger partial charge is 0.336 e. The van der Waals surface area contributed by atoms with Crippen molar-refractivity contribution in [3.63, 3.8) is 0 Å². The van der Waals surface area contributed by atoms with Gasteiger partial charge in [0.15, 0.2) is 0 Å². The summed E-state index contributed by atoms with van der Waals surface area (Å²) in [6.45, 7) is 0. The van der Waals surface area contributed by atoms with Crippen molar-refractivity contribution in [1.82, 2.24) is 0 Å². The third-order valence-corrected chi connectivity index (χ3v) is 2.52. The zero-order valence-electron chi connectivity index (χ0n) is 6.33. The zero-order chi connectivity index (χ0) is 8.27. The highest BCUT2D eigenvalue weighted by atomic mass is 32.2. The number of carboxylic acid groups (broad SMARTS) is 1. The highest BCUT2D eigenvalue weighted by molar-refractivity contribution is 8.02. The van der Waals surface area contributed by atoms with E-state index in [2.05, 4.69) is 0 Å². The van der Waals surface area contributed by atoms with Gasteiger partial charge in [-0.05, 0) is 24.0 Å². The quantitative estimate of drug-likeness (QED) is 0.689. The fourth-order valence-electron chi connectivity index (χ4n) is 1.05. The molecule has 0 atom stereocenters. The van der Waals surface area contributed by atoms with E-state index in [1.807, 2.05) is 12.3 Å². The molecule has 0 spiro atoms. The predicted octanol–water partition coefficient (Wildman–Crippen LogP) is 2.04. The average molecular weight is 170 g/mol. The Kier molecular flexibility index (Phi) is 2.76. The van der Waals surface area contributed by atoms with Crippen molar-refractivity contribution >= 4 is 17.7 Å². The van der Waals surface area contributed by atoms with Crippen LogP contribution in [0.2, 0.25) is 0 Å². The molecule has 0 saturated carbocycles. The highest BCUT2D eigenvalue weighted by Crippen LogP contribution is 2.27. The lowest BCUT2D eigenvalue weighted by molar-refractivity contribution is -0.132. The van der Waals surface area contributed by atoms with Gasteiger partial charge in [0.1, 0.15) is 0 Å². The Balaban J connectivity index is 2.92. The predicted molar refractivity (Wildman–Crippen MR) is 46.6 cm³/mol. The third kappa shape index (κ3) is 1.87. The summed E-state index contributed by atoms with van der Waals surface area (Å²) >= 11 is 1.53. The number of rotatable bonds is 2. The molecule has 1 aliphatic rings. The Hall–Kier alpha value is -0.700. The van der Waals surface area contributed by atoms with Crippen molar-refractivity contribution in [1.29, 1.82) is 0 Å². The van der Waals surface area contributed by atoms with E-state index in [0.717, 1.165) is 17.7 Å². The summed E-state index contributed by atoms with van der Waals surface area (Å²) < 4.78 is 0. The van der Waals surface area contributed by atoms with Gasteiger partial charge in [-0.2, -0.15) is 0 Å². The monoisotopic (exact) mass is 170 g/mol. The lowest BCUT2D eigenvalue weighted by Gasteiger charge is -2.09. The Bertz CT molecular complexity index is 228. The van der Waals surface area contributed by atoms with Gasteiger partial charge in [0, 0.05) is 0 Å². The normalized spacial score (nSPS) is 17.2. The van der Waals surface area contributed by atoms with E-state index in [-0.39, 0.29) is 0 Å². The zero-order valence-corrected chi connectivity index (χ0v) is 7.15. The van der Waals surface area contributed by atoms with Gasteiger partial charge < -0.3 is 5.11 Å². The largest absolute Gasteiger partial charge is 0.478 e. The van der Waals surface area contributed by atoms with Gasteiger partial charge in [0.05, 0.1) is 5.57 Å². The molecule has 0 aromatic carbocycles. The van der Waals surface area contributed by atoms with Crippen LogP contribution in [0.1, 0.15) is 12.8 Å². The molecule has 0 heterocycles. The van der Waals surface area contributed by atoms with E-state index in [9.17, 15) is 4.79 Å². The second-order valence-corrected chi connectivity index (χ2v) is 3.19. The fourth-order valence-corrected chi connectivity index (χ4v) is 1.74. The summed E-state index contributed by atoms with van der Waals surface area (Å²) in [5, 5.41) is 8.72. The van der Waals surface area contributed by atoms with Gasteiger partial charge in [-0.25, -0.2) is 4.79 Å². The van der Waals surface area contributed by atoms with Crippen LogP contribution >= 0.6 is 11.8 Å². The minimum Gasteiger partial charge on any atom is -0.478 e. The summed E-state index contributed by atoms with van der Waals surface area (Å²) in [4.78, 5) is 11.6. The molecule has 2 nitrogen and oxygen atoms in total. The summed E-state index contributed by atoms with van der Waals surface area (Å²) in [7, 11) is 0. The summed E-state index contributed by atoms with van der Waals surface area (Å²) in [6.07, 6.45) is 7.35. The molecule has 0 radical (unpaired) electrons. The van der Waals surface area contributed by atoms with Crippen LogP contribution in [-0.4, -0.2) is 17.3 Å². The highest BCUT2D eigenvalue weighted by Gasteiger charge is 2.12. The molecule has 0 amide bonds. The SMILES string of the molecule is CSC1=C(C(=O)O)C=CCC1. The lowest BCUT2D eigenvalue weighted by Crippen LogP contribution is -2.03. The van der Waals surface area contributed by atoms with Crippen molar-refractivity contribution in [3.8, 4) is 0 Å². The molecule has 0 bridgehead atoms. The first-order valence-corrected chi connectivity index (χ1v) is 4.65. The molecule has 0 saturated heterocycles. The number of carboxylic acids is 1. The molecule has 0 aromatic heterocycles. The lowest BCUT2D eigenvalue weighted by atomic mass is 10.1. The summed E-state index contributed by atoms with van der Waals surface area (Å²) in [5.74, 6) is -0.815. The van der Waals surface area contributed by atoms with E-state index in [4.69, 9.17) is 5.11 Å². The van der Waals surface area contributed by atoms with Crippen LogP contribution in [0, 0.1) is 0 Å². The molecular formula is C8H10O2S. The van der Waals surface area contributed by atoms with Crippen molar-refractivity contribution < 1.29 is 9.90 Å². The minimum absolute atomic E-state index is 0.462.